The third kappa shape index (κ3) is 5.30. The van der Waals surface area contributed by atoms with Crippen LogP contribution in [-0.2, 0) is 0 Å². The maximum atomic E-state index is 5.68. The second kappa shape index (κ2) is 10.3. The molecule has 1 aromatic carbocycles. The van der Waals surface area contributed by atoms with Crippen molar-refractivity contribution in [1.82, 2.24) is 10.2 Å². The molecule has 1 atom stereocenters. The lowest BCUT2D eigenvalue weighted by molar-refractivity contribution is 0.157. The molecule has 0 spiro atoms. The van der Waals surface area contributed by atoms with Crippen LogP contribution in [0.2, 0.25) is 0 Å². The van der Waals surface area contributed by atoms with Gasteiger partial charge in [-0.25, -0.2) is 0 Å². The summed E-state index contributed by atoms with van der Waals surface area (Å²) in [6, 6.07) is 4.45. The van der Waals surface area contributed by atoms with Crippen LogP contribution in [0.1, 0.15) is 30.9 Å². The summed E-state index contributed by atoms with van der Waals surface area (Å²) in [6.45, 7) is 4.26. The van der Waals surface area contributed by atoms with Gasteiger partial charge in [0, 0.05) is 43.9 Å². The molecular formula is C18H30Cl2N2O3. The van der Waals surface area contributed by atoms with Crippen molar-refractivity contribution in [3.63, 3.8) is 0 Å². The van der Waals surface area contributed by atoms with Gasteiger partial charge in [-0.15, -0.1) is 24.8 Å². The van der Waals surface area contributed by atoms with E-state index < -0.39 is 0 Å². The van der Waals surface area contributed by atoms with Crippen LogP contribution < -0.4 is 19.5 Å². The molecule has 1 saturated heterocycles. The fourth-order valence-electron chi connectivity index (χ4n) is 3.45. The molecule has 1 aliphatic carbocycles. The number of rotatable bonds is 7. The largest absolute Gasteiger partial charge is 0.496 e. The van der Waals surface area contributed by atoms with Crippen molar-refractivity contribution >= 4 is 24.8 Å². The molecule has 3 rings (SSSR count). The van der Waals surface area contributed by atoms with E-state index in [9.17, 15) is 0 Å². The number of nitrogens with zero attached hydrogens (tertiary/aromatic N) is 1. The van der Waals surface area contributed by atoms with Crippen LogP contribution >= 0.6 is 24.8 Å². The van der Waals surface area contributed by atoms with Gasteiger partial charge in [0.05, 0.1) is 21.3 Å². The maximum Gasteiger partial charge on any atom is 0.164 e. The van der Waals surface area contributed by atoms with Crippen molar-refractivity contribution in [3.8, 4) is 17.2 Å². The van der Waals surface area contributed by atoms with Gasteiger partial charge in [0.15, 0.2) is 11.5 Å². The van der Waals surface area contributed by atoms with Crippen LogP contribution in [-0.4, -0.2) is 52.4 Å². The Kier molecular flexibility index (Phi) is 9.14. The fourth-order valence-corrected chi connectivity index (χ4v) is 3.45. The highest BCUT2D eigenvalue weighted by Gasteiger charge is 2.32. The molecule has 0 bridgehead atoms. The molecule has 25 heavy (non-hydrogen) atoms. The van der Waals surface area contributed by atoms with E-state index in [-0.39, 0.29) is 24.8 Å². The first-order valence-corrected chi connectivity index (χ1v) is 8.51. The van der Waals surface area contributed by atoms with Crippen LogP contribution in [0.15, 0.2) is 12.1 Å². The fraction of sp³-hybridized carbons (Fsp3) is 0.667. The summed E-state index contributed by atoms with van der Waals surface area (Å²) in [7, 11) is 5.08. The van der Waals surface area contributed by atoms with E-state index in [4.69, 9.17) is 14.2 Å². The number of halogens is 2. The Bertz CT molecular complexity index is 535. The Balaban J connectivity index is 0.00000156. The van der Waals surface area contributed by atoms with Gasteiger partial charge in [-0.05, 0) is 18.4 Å². The first-order chi connectivity index (χ1) is 11.3. The van der Waals surface area contributed by atoms with Crippen LogP contribution in [0, 0.1) is 5.92 Å². The lowest BCUT2D eigenvalue weighted by atomic mass is 9.97. The van der Waals surface area contributed by atoms with E-state index in [2.05, 4.69) is 16.3 Å². The van der Waals surface area contributed by atoms with Gasteiger partial charge in [0.25, 0.3) is 0 Å². The standard InChI is InChI=1S/C18H28N2O3.2ClH/c1-21-16-12-18(23-3)17(22-2)11-14(16)15(10-13-4-5-13)20-8-6-19-7-9-20;;/h11-13,15,19H,4-10H2,1-3H3;2*1H/t15-;;/m1../s1. The summed E-state index contributed by atoms with van der Waals surface area (Å²) < 4.78 is 16.6. The summed E-state index contributed by atoms with van der Waals surface area (Å²) >= 11 is 0. The van der Waals surface area contributed by atoms with Gasteiger partial charge in [-0.3, -0.25) is 4.90 Å². The van der Waals surface area contributed by atoms with E-state index in [0.717, 1.165) is 49.3 Å². The van der Waals surface area contributed by atoms with Crippen LogP contribution in [0.3, 0.4) is 0 Å². The van der Waals surface area contributed by atoms with Gasteiger partial charge in [-0.1, -0.05) is 12.8 Å². The molecule has 1 N–H and O–H groups in total. The summed E-state index contributed by atoms with van der Waals surface area (Å²) in [5, 5.41) is 3.44. The minimum atomic E-state index is 0. The van der Waals surface area contributed by atoms with Crippen molar-refractivity contribution in [2.24, 2.45) is 5.92 Å². The van der Waals surface area contributed by atoms with Gasteiger partial charge in [0.2, 0.25) is 0 Å². The van der Waals surface area contributed by atoms with Gasteiger partial charge in [0.1, 0.15) is 5.75 Å². The monoisotopic (exact) mass is 392 g/mol. The predicted octanol–water partition coefficient (Wildman–Crippen LogP) is 3.30. The zero-order valence-electron chi connectivity index (χ0n) is 15.2. The second-order valence-corrected chi connectivity index (χ2v) is 6.43. The highest BCUT2D eigenvalue weighted by atomic mass is 35.5. The molecule has 0 radical (unpaired) electrons. The number of hydrogen-bond donors (Lipinski definition) is 1. The van der Waals surface area contributed by atoms with E-state index in [1.165, 1.54) is 24.8 Å². The Morgan fingerprint density at radius 1 is 0.960 bits per heavy atom. The highest BCUT2D eigenvalue weighted by Crippen LogP contribution is 2.45. The normalized spacial score (nSPS) is 18.5. The van der Waals surface area contributed by atoms with Crippen molar-refractivity contribution in [1.29, 1.82) is 0 Å². The lowest BCUT2D eigenvalue weighted by Crippen LogP contribution is -2.45. The van der Waals surface area contributed by atoms with Crippen molar-refractivity contribution < 1.29 is 14.2 Å². The second-order valence-electron chi connectivity index (χ2n) is 6.43. The summed E-state index contributed by atoms with van der Waals surface area (Å²) in [5.41, 5.74) is 1.22. The van der Waals surface area contributed by atoms with E-state index in [1.807, 2.05) is 6.07 Å². The molecule has 144 valence electrons. The number of benzene rings is 1. The number of nitrogens with one attached hydrogen (secondary N) is 1. The minimum Gasteiger partial charge on any atom is -0.496 e. The SMILES string of the molecule is COc1cc(OC)c([C@@H](CC2CC2)N2CCNCC2)cc1OC.Cl.Cl. The van der Waals surface area contributed by atoms with E-state index in [1.54, 1.807) is 21.3 Å². The molecule has 0 unspecified atom stereocenters. The third-order valence-corrected chi connectivity index (χ3v) is 4.94. The summed E-state index contributed by atoms with van der Waals surface area (Å²) in [6.07, 6.45) is 3.92. The zero-order valence-corrected chi connectivity index (χ0v) is 16.9. The van der Waals surface area contributed by atoms with Gasteiger partial charge < -0.3 is 19.5 Å². The molecule has 2 fully saturated rings. The molecule has 5 nitrogen and oxygen atoms in total. The molecule has 0 aromatic heterocycles. The lowest BCUT2D eigenvalue weighted by Gasteiger charge is -2.36. The van der Waals surface area contributed by atoms with Crippen LogP contribution in [0.4, 0.5) is 0 Å². The van der Waals surface area contributed by atoms with E-state index in [0.29, 0.717) is 6.04 Å². The molecular weight excluding hydrogens is 363 g/mol. The molecule has 1 aromatic rings. The highest BCUT2D eigenvalue weighted by molar-refractivity contribution is 5.85. The van der Waals surface area contributed by atoms with E-state index >= 15 is 0 Å². The predicted molar refractivity (Wildman–Crippen MR) is 105 cm³/mol. The summed E-state index contributed by atoms with van der Waals surface area (Å²) in [4.78, 5) is 2.58. The van der Waals surface area contributed by atoms with Gasteiger partial charge in [-0.2, -0.15) is 0 Å². The molecule has 1 aliphatic heterocycles. The van der Waals surface area contributed by atoms with Crippen molar-refractivity contribution in [2.45, 2.75) is 25.3 Å². The molecule has 2 aliphatic rings. The first kappa shape index (κ1) is 22.2. The topological polar surface area (TPSA) is 43.0 Å². The molecule has 0 amide bonds. The maximum absolute atomic E-state index is 5.68. The Labute approximate surface area is 163 Å². The average Bonchev–Trinajstić information content (AvgIpc) is 3.43. The zero-order chi connectivity index (χ0) is 16.2. The first-order valence-electron chi connectivity index (χ1n) is 8.51. The van der Waals surface area contributed by atoms with Crippen molar-refractivity contribution in [2.75, 3.05) is 47.5 Å². The Morgan fingerprint density at radius 3 is 2.04 bits per heavy atom. The smallest absolute Gasteiger partial charge is 0.164 e. The van der Waals surface area contributed by atoms with Crippen molar-refractivity contribution in [3.05, 3.63) is 17.7 Å². The molecule has 1 saturated carbocycles. The number of hydrogen-bond acceptors (Lipinski definition) is 5. The molecule has 1 heterocycles. The Morgan fingerprint density at radius 2 is 1.52 bits per heavy atom. The average molecular weight is 393 g/mol. The molecule has 7 heteroatoms. The minimum absolute atomic E-state index is 0. The third-order valence-electron chi connectivity index (χ3n) is 4.94. The summed E-state index contributed by atoms with van der Waals surface area (Å²) in [5.74, 6) is 3.25. The number of methoxy groups -OCH3 is 3. The Hall–Kier alpha value is -0.880. The quantitative estimate of drug-likeness (QED) is 0.770. The number of piperazine rings is 1. The van der Waals surface area contributed by atoms with Gasteiger partial charge >= 0.3 is 0 Å². The van der Waals surface area contributed by atoms with Crippen LogP contribution in [0.5, 0.6) is 17.2 Å². The number of ether oxygens (including phenoxy) is 3. The van der Waals surface area contributed by atoms with Crippen LogP contribution in [0.25, 0.3) is 0 Å².